The summed E-state index contributed by atoms with van der Waals surface area (Å²) in [5, 5.41) is 3.50. The zero-order chi connectivity index (χ0) is 15.6. The van der Waals surface area contributed by atoms with Crippen molar-refractivity contribution >= 4 is 38.5 Å². The van der Waals surface area contributed by atoms with Crippen LogP contribution in [-0.4, -0.2) is 6.54 Å². The third-order valence-corrected chi connectivity index (χ3v) is 4.86. The highest BCUT2D eigenvalue weighted by Crippen LogP contribution is 2.31. The standard InChI is InChI=1S/C17H18BrFIN/c1-4-21-17(14-9-13(20)5-6-15(14)18)12-7-10(2)16(19)11(3)8-12/h5-9,17,21H,4H2,1-3H3. The molecule has 2 rings (SSSR count). The molecule has 2 aromatic rings. The smallest absolute Gasteiger partial charge is 0.129 e. The Morgan fingerprint density at radius 3 is 2.38 bits per heavy atom. The van der Waals surface area contributed by atoms with E-state index in [1.807, 2.05) is 26.0 Å². The molecule has 2 aromatic carbocycles. The number of halogens is 3. The van der Waals surface area contributed by atoms with Gasteiger partial charge in [0, 0.05) is 8.04 Å². The van der Waals surface area contributed by atoms with Gasteiger partial charge in [-0.15, -0.1) is 0 Å². The van der Waals surface area contributed by atoms with Crippen molar-refractivity contribution < 1.29 is 4.39 Å². The van der Waals surface area contributed by atoms with Gasteiger partial charge in [0.15, 0.2) is 0 Å². The van der Waals surface area contributed by atoms with Gasteiger partial charge in [-0.25, -0.2) is 4.39 Å². The molecule has 21 heavy (non-hydrogen) atoms. The number of nitrogens with one attached hydrogen (secondary N) is 1. The minimum atomic E-state index is -0.115. The van der Waals surface area contributed by atoms with Gasteiger partial charge in [0.25, 0.3) is 0 Å². The molecule has 112 valence electrons. The van der Waals surface area contributed by atoms with Crippen LogP contribution in [0.25, 0.3) is 0 Å². The van der Waals surface area contributed by atoms with E-state index in [0.717, 1.165) is 16.6 Å². The van der Waals surface area contributed by atoms with Crippen LogP contribution in [0.2, 0.25) is 0 Å². The Labute approximate surface area is 147 Å². The van der Waals surface area contributed by atoms with Crippen molar-refractivity contribution in [3.8, 4) is 0 Å². The van der Waals surface area contributed by atoms with Crippen LogP contribution in [0.3, 0.4) is 0 Å². The first-order chi connectivity index (χ1) is 9.93. The molecule has 0 bridgehead atoms. The Kier molecular flexibility index (Phi) is 5.80. The van der Waals surface area contributed by atoms with Crippen molar-refractivity contribution in [1.29, 1.82) is 0 Å². The van der Waals surface area contributed by atoms with Crippen molar-refractivity contribution in [2.75, 3.05) is 6.54 Å². The zero-order valence-corrected chi connectivity index (χ0v) is 16.0. The summed E-state index contributed by atoms with van der Waals surface area (Å²) in [6.45, 7) is 6.56. The zero-order valence-electron chi connectivity index (χ0n) is 12.3. The fourth-order valence-electron chi connectivity index (χ4n) is 2.49. The van der Waals surface area contributed by atoms with E-state index in [0.29, 0.717) is 11.1 Å². The molecule has 0 fully saturated rings. The second kappa shape index (κ2) is 7.20. The van der Waals surface area contributed by atoms with Gasteiger partial charge in [0.2, 0.25) is 0 Å². The molecule has 0 amide bonds. The van der Waals surface area contributed by atoms with Crippen LogP contribution in [0.15, 0.2) is 34.8 Å². The van der Waals surface area contributed by atoms with Gasteiger partial charge < -0.3 is 5.32 Å². The summed E-state index contributed by atoms with van der Waals surface area (Å²) in [7, 11) is 0. The maximum absolute atomic E-state index is 13.9. The lowest BCUT2D eigenvalue weighted by Gasteiger charge is -2.22. The van der Waals surface area contributed by atoms with Crippen molar-refractivity contribution in [3.05, 3.63) is 66.4 Å². The number of hydrogen-bond donors (Lipinski definition) is 1. The molecule has 0 aliphatic rings. The number of benzene rings is 2. The van der Waals surface area contributed by atoms with E-state index in [4.69, 9.17) is 0 Å². The van der Waals surface area contributed by atoms with Crippen molar-refractivity contribution in [2.24, 2.45) is 0 Å². The average Bonchev–Trinajstić information content (AvgIpc) is 2.44. The van der Waals surface area contributed by atoms with Crippen molar-refractivity contribution in [1.82, 2.24) is 5.32 Å². The van der Waals surface area contributed by atoms with E-state index in [1.54, 1.807) is 0 Å². The Morgan fingerprint density at radius 2 is 1.81 bits per heavy atom. The third-order valence-electron chi connectivity index (χ3n) is 3.47. The van der Waals surface area contributed by atoms with Gasteiger partial charge in [-0.05, 0) is 83.4 Å². The second-order valence-electron chi connectivity index (χ2n) is 5.13. The molecule has 0 radical (unpaired) electrons. The van der Waals surface area contributed by atoms with Crippen molar-refractivity contribution in [2.45, 2.75) is 26.8 Å². The fourth-order valence-corrected chi connectivity index (χ4v) is 3.48. The van der Waals surface area contributed by atoms with Gasteiger partial charge in [0.05, 0.1) is 6.04 Å². The molecular weight excluding hydrogens is 444 g/mol. The third kappa shape index (κ3) is 3.85. The van der Waals surface area contributed by atoms with E-state index in [-0.39, 0.29) is 11.9 Å². The highest BCUT2D eigenvalue weighted by Gasteiger charge is 2.18. The summed E-state index contributed by atoms with van der Waals surface area (Å²) in [6.07, 6.45) is 0. The van der Waals surface area contributed by atoms with E-state index >= 15 is 0 Å². The van der Waals surface area contributed by atoms with E-state index in [9.17, 15) is 4.39 Å². The van der Waals surface area contributed by atoms with Crippen LogP contribution in [0, 0.1) is 23.2 Å². The van der Waals surface area contributed by atoms with Gasteiger partial charge in [-0.2, -0.15) is 0 Å². The first kappa shape index (κ1) is 16.9. The van der Waals surface area contributed by atoms with Crippen LogP contribution in [0.1, 0.15) is 35.2 Å². The van der Waals surface area contributed by atoms with Gasteiger partial charge in [-0.3, -0.25) is 0 Å². The van der Waals surface area contributed by atoms with E-state index in [1.165, 1.54) is 9.13 Å². The number of rotatable bonds is 4. The molecule has 1 nitrogen and oxygen atoms in total. The molecule has 0 saturated heterocycles. The molecule has 1 atom stereocenters. The van der Waals surface area contributed by atoms with Crippen LogP contribution in [-0.2, 0) is 0 Å². The Bertz CT molecular complexity index is 634. The quantitative estimate of drug-likeness (QED) is 0.592. The normalized spacial score (nSPS) is 12.5. The van der Waals surface area contributed by atoms with Crippen LogP contribution < -0.4 is 5.32 Å². The predicted molar refractivity (Wildman–Crippen MR) is 98.3 cm³/mol. The molecule has 1 N–H and O–H groups in total. The lowest BCUT2D eigenvalue weighted by atomic mass is 9.95. The Hall–Kier alpha value is -0.460. The maximum Gasteiger partial charge on any atom is 0.129 e. The summed E-state index contributed by atoms with van der Waals surface area (Å²) in [5.74, 6) is -0.115. The molecule has 1 unspecified atom stereocenters. The second-order valence-corrected chi connectivity index (χ2v) is 7.23. The summed E-state index contributed by atoms with van der Waals surface area (Å²) in [4.78, 5) is 0. The fraction of sp³-hybridized carbons (Fsp3) is 0.294. The lowest BCUT2D eigenvalue weighted by Crippen LogP contribution is -2.23. The van der Waals surface area contributed by atoms with Crippen molar-refractivity contribution in [3.63, 3.8) is 0 Å². The van der Waals surface area contributed by atoms with Gasteiger partial charge in [-0.1, -0.05) is 35.0 Å². The highest BCUT2D eigenvalue weighted by molar-refractivity contribution is 14.1. The Balaban J connectivity index is 2.56. The summed E-state index contributed by atoms with van der Waals surface area (Å²) in [6, 6.07) is 10.2. The first-order valence-corrected chi connectivity index (χ1v) is 8.76. The van der Waals surface area contributed by atoms with Crippen LogP contribution in [0.4, 0.5) is 4.39 Å². The SMILES string of the molecule is CCNC(c1cc(C)c(F)c(C)c1)c1cc(I)ccc1Br. The van der Waals surface area contributed by atoms with Crippen LogP contribution in [0.5, 0.6) is 0 Å². The molecule has 0 saturated carbocycles. The lowest BCUT2D eigenvalue weighted by molar-refractivity contribution is 0.598. The van der Waals surface area contributed by atoms with E-state index in [2.05, 4.69) is 69.0 Å². The number of hydrogen-bond acceptors (Lipinski definition) is 1. The van der Waals surface area contributed by atoms with Gasteiger partial charge in [0.1, 0.15) is 5.82 Å². The molecular formula is C17H18BrFIN. The molecule has 0 spiro atoms. The maximum atomic E-state index is 13.9. The summed E-state index contributed by atoms with van der Waals surface area (Å²) < 4.78 is 16.1. The minimum Gasteiger partial charge on any atom is -0.306 e. The van der Waals surface area contributed by atoms with Gasteiger partial charge >= 0.3 is 0 Å². The largest absolute Gasteiger partial charge is 0.306 e. The summed E-state index contributed by atoms with van der Waals surface area (Å²) in [5.41, 5.74) is 3.65. The van der Waals surface area contributed by atoms with E-state index < -0.39 is 0 Å². The molecule has 0 aromatic heterocycles. The monoisotopic (exact) mass is 461 g/mol. The minimum absolute atomic E-state index is 0.0529. The predicted octanol–water partition coefficient (Wildman–Crippen LogP) is 5.51. The number of aryl methyl sites for hydroxylation is 2. The molecule has 4 heteroatoms. The first-order valence-electron chi connectivity index (χ1n) is 6.89. The summed E-state index contributed by atoms with van der Waals surface area (Å²) >= 11 is 5.95. The molecule has 0 aliphatic carbocycles. The Morgan fingerprint density at radius 1 is 1.19 bits per heavy atom. The highest BCUT2D eigenvalue weighted by atomic mass is 127. The molecule has 0 aliphatic heterocycles. The topological polar surface area (TPSA) is 12.0 Å². The average molecular weight is 462 g/mol. The molecule has 0 heterocycles. The van der Waals surface area contributed by atoms with Crippen LogP contribution >= 0.6 is 38.5 Å².